The van der Waals surface area contributed by atoms with Crippen LogP contribution < -0.4 is 30.3 Å². The molecule has 0 aliphatic heterocycles. The molecule has 282 valence electrons. The summed E-state index contributed by atoms with van der Waals surface area (Å²) in [5.74, 6) is 3.06. The second kappa shape index (κ2) is 18.3. The number of nitrogens with two attached hydrogens (primary N) is 1. The lowest BCUT2D eigenvalue weighted by molar-refractivity contribution is 0.482. The molecule has 0 aromatic heterocycles. The highest BCUT2D eigenvalue weighted by atomic mass is 16.5. The minimum atomic E-state index is 0.704. The fraction of sp³-hybridized carbons (Fsp3) is 0.0588. The maximum absolute atomic E-state index is 6.13. The number of hydrogen-bond donors (Lipinski definition) is 2. The molecule has 0 aliphatic rings. The van der Waals surface area contributed by atoms with Gasteiger partial charge in [0.1, 0.15) is 23.0 Å². The first-order chi connectivity index (χ1) is 28.1. The molecule has 0 aliphatic carbocycles. The topological polar surface area (TPSA) is 63.0 Å². The van der Waals surface area contributed by atoms with E-state index in [1.807, 2.05) is 106 Å². The van der Waals surface area contributed by atoms with Crippen molar-refractivity contribution in [2.75, 3.05) is 27.9 Å². The van der Waals surface area contributed by atoms with Crippen molar-refractivity contribution in [3.05, 3.63) is 206 Å². The molecule has 0 radical (unpaired) electrons. The molecule has 0 saturated carbocycles. The van der Waals surface area contributed by atoms with Crippen LogP contribution in [0.5, 0.6) is 23.0 Å². The van der Waals surface area contributed by atoms with E-state index in [-0.39, 0.29) is 0 Å². The summed E-state index contributed by atoms with van der Waals surface area (Å²) < 4.78 is 12.2. The number of anilines is 8. The minimum Gasteiger partial charge on any atom is -0.457 e. The van der Waals surface area contributed by atoms with Crippen LogP contribution in [0.4, 0.5) is 45.5 Å². The summed E-state index contributed by atoms with van der Waals surface area (Å²) in [5, 5.41) is 3.14. The first kappa shape index (κ1) is 37.9. The molecular weight excluding hydrogens is 701 g/mol. The van der Waals surface area contributed by atoms with Crippen molar-refractivity contribution in [3.63, 3.8) is 0 Å². The van der Waals surface area contributed by atoms with Gasteiger partial charge in [-0.2, -0.15) is 0 Å². The van der Waals surface area contributed by atoms with Crippen LogP contribution in [0.1, 0.15) is 13.8 Å². The van der Waals surface area contributed by atoms with Gasteiger partial charge in [-0.1, -0.05) is 74.5 Å². The summed E-state index contributed by atoms with van der Waals surface area (Å²) in [5.41, 5.74) is 16.2. The highest BCUT2D eigenvalue weighted by Crippen LogP contribution is 2.39. The summed E-state index contributed by atoms with van der Waals surface area (Å²) in [6, 6.07) is 69.9. The molecular formula is C51H46N4O2. The fourth-order valence-electron chi connectivity index (χ4n) is 6.48. The van der Waals surface area contributed by atoms with Gasteiger partial charge >= 0.3 is 0 Å². The van der Waals surface area contributed by atoms with Crippen LogP contribution in [0.15, 0.2) is 206 Å². The lowest BCUT2D eigenvalue weighted by atomic mass is 10.0. The van der Waals surface area contributed by atoms with Gasteiger partial charge in [0, 0.05) is 52.5 Å². The van der Waals surface area contributed by atoms with Gasteiger partial charge in [0.15, 0.2) is 0 Å². The maximum Gasteiger partial charge on any atom is 0.127 e. The van der Waals surface area contributed by atoms with Crippen molar-refractivity contribution in [3.8, 4) is 34.1 Å². The van der Waals surface area contributed by atoms with Gasteiger partial charge < -0.3 is 30.3 Å². The Kier molecular flexibility index (Phi) is 12.1. The van der Waals surface area contributed by atoms with E-state index in [0.29, 0.717) is 5.69 Å². The molecule has 0 atom stereocenters. The van der Waals surface area contributed by atoms with Crippen molar-refractivity contribution in [2.24, 2.45) is 0 Å². The molecule has 0 amide bonds. The number of nitrogens with zero attached hydrogens (tertiary/aromatic N) is 2. The van der Waals surface area contributed by atoms with E-state index < -0.39 is 0 Å². The number of hydrogen-bond acceptors (Lipinski definition) is 6. The number of nitrogens with one attached hydrogen (secondary N) is 1. The van der Waals surface area contributed by atoms with E-state index >= 15 is 0 Å². The predicted octanol–water partition coefficient (Wildman–Crippen LogP) is 14.5. The minimum absolute atomic E-state index is 0.704. The standard InChI is InChI=1S/C49H40N4O2.C2H6/c1-51-39-18-30-47(31-19-39)55-49-34-26-45(27-35-49)53(41-10-6-3-7-11-41)43-22-14-37(15-23-43)36-12-20-42(21-13-36)52(40-8-4-2-5-9-40)44-24-32-48(33-25-44)54-46-28-16-38(50)17-29-46;1-2/h2-35,51H,50H2,1H3;1-2H3. The van der Waals surface area contributed by atoms with Crippen molar-refractivity contribution in [2.45, 2.75) is 13.8 Å². The summed E-state index contributed by atoms with van der Waals surface area (Å²) >= 11 is 0. The summed E-state index contributed by atoms with van der Waals surface area (Å²) in [4.78, 5) is 4.50. The fourth-order valence-corrected chi connectivity index (χ4v) is 6.48. The first-order valence-electron chi connectivity index (χ1n) is 19.2. The van der Waals surface area contributed by atoms with E-state index in [1.54, 1.807) is 0 Å². The number of ether oxygens (including phenoxy) is 2. The molecule has 0 saturated heterocycles. The zero-order chi connectivity index (χ0) is 39.4. The molecule has 0 bridgehead atoms. The molecule has 0 heterocycles. The number of nitrogen functional groups attached to an aromatic ring is 1. The SMILES string of the molecule is CC.CNc1ccc(Oc2ccc(N(c3ccccc3)c3ccc(-c4ccc(N(c5ccccc5)c5ccc(Oc6ccc(N)cc6)cc5)cc4)cc3)cc2)cc1. The number of rotatable bonds is 12. The van der Waals surface area contributed by atoms with Crippen molar-refractivity contribution >= 4 is 45.5 Å². The van der Waals surface area contributed by atoms with Crippen molar-refractivity contribution < 1.29 is 9.47 Å². The molecule has 6 heteroatoms. The normalized spacial score (nSPS) is 10.4. The largest absolute Gasteiger partial charge is 0.457 e. The van der Waals surface area contributed by atoms with Gasteiger partial charge in [-0.25, -0.2) is 0 Å². The van der Waals surface area contributed by atoms with E-state index in [2.05, 4.69) is 136 Å². The van der Waals surface area contributed by atoms with Crippen LogP contribution in [0.3, 0.4) is 0 Å². The van der Waals surface area contributed by atoms with E-state index in [4.69, 9.17) is 15.2 Å². The Labute approximate surface area is 336 Å². The lowest BCUT2D eigenvalue weighted by Gasteiger charge is -2.26. The van der Waals surface area contributed by atoms with Crippen LogP contribution in [0, 0.1) is 0 Å². The highest BCUT2D eigenvalue weighted by molar-refractivity contribution is 5.81. The molecule has 3 N–H and O–H groups in total. The Hall–Kier alpha value is -7.44. The Morgan fingerprint density at radius 1 is 0.351 bits per heavy atom. The average molecular weight is 747 g/mol. The zero-order valence-electron chi connectivity index (χ0n) is 32.4. The van der Waals surface area contributed by atoms with Crippen LogP contribution in [0.2, 0.25) is 0 Å². The van der Waals surface area contributed by atoms with Crippen LogP contribution in [-0.4, -0.2) is 7.05 Å². The molecule has 0 unspecified atom stereocenters. The number of benzene rings is 8. The second-order valence-electron chi connectivity index (χ2n) is 13.0. The smallest absolute Gasteiger partial charge is 0.127 e. The van der Waals surface area contributed by atoms with Crippen molar-refractivity contribution in [1.82, 2.24) is 0 Å². The third kappa shape index (κ3) is 9.27. The summed E-state index contributed by atoms with van der Waals surface area (Å²) in [7, 11) is 1.90. The predicted molar refractivity (Wildman–Crippen MR) is 240 cm³/mol. The molecule has 8 rings (SSSR count). The van der Waals surface area contributed by atoms with E-state index in [9.17, 15) is 0 Å². The van der Waals surface area contributed by atoms with E-state index in [0.717, 1.165) is 73.9 Å². The molecule has 8 aromatic carbocycles. The Morgan fingerprint density at radius 3 is 0.965 bits per heavy atom. The summed E-state index contributed by atoms with van der Waals surface area (Å²) in [6.45, 7) is 4.00. The third-order valence-corrected chi connectivity index (χ3v) is 9.30. The molecule has 0 fully saturated rings. The van der Waals surface area contributed by atoms with Gasteiger partial charge in [0.25, 0.3) is 0 Å². The highest BCUT2D eigenvalue weighted by Gasteiger charge is 2.15. The Morgan fingerprint density at radius 2 is 0.632 bits per heavy atom. The average Bonchev–Trinajstić information content (AvgIpc) is 3.28. The van der Waals surface area contributed by atoms with Gasteiger partial charge in [0.2, 0.25) is 0 Å². The zero-order valence-corrected chi connectivity index (χ0v) is 32.4. The van der Waals surface area contributed by atoms with Crippen LogP contribution in [0.25, 0.3) is 11.1 Å². The van der Waals surface area contributed by atoms with Crippen LogP contribution in [-0.2, 0) is 0 Å². The lowest BCUT2D eigenvalue weighted by Crippen LogP contribution is -2.10. The Bertz CT molecular complexity index is 2420. The van der Waals surface area contributed by atoms with Crippen molar-refractivity contribution in [1.29, 1.82) is 0 Å². The first-order valence-corrected chi connectivity index (χ1v) is 19.2. The monoisotopic (exact) mass is 746 g/mol. The van der Waals surface area contributed by atoms with E-state index in [1.165, 1.54) is 0 Å². The molecule has 6 nitrogen and oxygen atoms in total. The molecule has 8 aromatic rings. The Balaban J connectivity index is 0.00000244. The second-order valence-corrected chi connectivity index (χ2v) is 13.0. The molecule has 0 spiro atoms. The van der Waals surface area contributed by atoms with Gasteiger partial charge in [0.05, 0.1) is 0 Å². The van der Waals surface area contributed by atoms with Gasteiger partial charge in [-0.05, 0) is 157 Å². The maximum atomic E-state index is 6.13. The van der Waals surface area contributed by atoms with Gasteiger partial charge in [-0.15, -0.1) is 0 Å². The van der Waals surface area contributed by atoms with Crippen LogP contribution >= 0.6 is 0 Å². The summed E-state index contributed by atoms with van der Waals surface area (Å²) in [6.07, 6.45) is 0. The molecule has 57 heavy (non-hydrogen) atoms. The quantitative estimate of drug-likeness (QED) is 0.121. The number of para-hydroxylation sites is 2. The third-order valence-electron chi connectivity index (χ3n) is 9.30. The van der Waals surface area contributed by atoms with Gasteiger partial charge in [-0.3, -0.25) is 0 Å².